The van der Waals surface area contributed by atoms with Crippen LogP contribution >= 0.6 is 0 Å². The van der Waals surface area contributed by atoms with E-state index < -0.39 is 17.8 Å². The fraction of sp³-hybridized carbons (Fsp3) is 0.182. The molecular weight excluding hydrogens is 222 g/mol. The smallest absolute Gasteiger partial charge is 0.331 e. The van der Waals surface area contributed by atoms with Crippen LogP contribution < -0.4 is 5.32 Å². The number of rotatable bonds is 1. The number of carbonyl (C=O) groups is 3. The summed E-state index contributed by atoms with van der Waals surface area (Å²) in [6, 6.07) is 2.86. The highest BCUT2D eigenvalue weighted by Crippen LogP contribution is 2.13. The molecule has 1 aliphatic heterocycles. The van der Waals surface area contributed by atoms with Gasteiger partial charge in [0.15, 0.2) is 0 Å². The first-order valence-electron chi connectivity index (χ1n) is 4.97. The van der Waals surface area contributed by atoms with E-state index in [-0.39, 0.29) is 5.57 Å². The molecule has 1 aromatic heterocycles. The molecule has 0 atom stereocenters. The summed E-state index contributed by atoms with van der Waals surface area (Å²) in [5.41, 5.74) is 0.667. The van der Waals surface area contributed by atoms with Crippen molar-refractivity contribution in [1.82, 2.24) is 14.8 Å². The molecule has 0 radical (unpaired) electrons. The van der Waals surface area contributed by atoms with Crippen LogP contribution in [-0.2, 0) is 16.6 Å². The highest BCUT2D eigenvalue weighted by atomic mass is 16.2. The standard InChI is InChI=1S/C11H11N3O3/c1-13-5-3-4-7(13)6-8-9(15)12-11(17)14(2)10(8)16/h3-6H,1-2H3,(H,12,15,17). The fourth-order valence-corrected chi connectivity index (χ4v) is 1.52. The van der Waals surface area contributed by atoms with Crippen molar-refractivity contribution in [3.05, 3.63) is 29.6 Å². The summed E-state index contributed by atoms with van der Waals surface area (Å²) in [4.78, 5) is 35.3. The van der Waals surface area contributed by atoms with Gasteiger partial charge in [-0.05, 0) is 18.2 Å². The van der Waals surface area contributed by atoms with E-state index in [1.165, 1.54) is 13.1 Å². The van der Waals surface area contributed by atoms with Gasteiger partial charge < -0.3 is 4.57 Å². The quantitative estimate of drug-likeness (QED) is 0.553. The number of aryl methyl sites for hydroxylation is 1. The molecule has 0 aliphatic carbocycles. The normalized spacial score (nSPS) is 18.8. The second kappa shape index (κ2) is 3.89. The molecule has 2 rings (SSSR count). The van der Waals surface area contributed by atoms with E-state index in [0.717, 1.165) is 4.90 Å². The molecule has 0 saturated carbocycles. The Morgan fingerprint density at radius 3 is 2.53 bits per heavy atom. The maximum absolute atomic E-state index is 11.8. The summed E-state index contributed by atoms with van der Waals surface area (Å²) in [6.45, 7) is 0. The fourth-order valence-electron chi connectivity index (χ4n) is 1.52. The summed E-state index contributed by atoms with van der Waals surface area (Å²) in [5, 5.41) is 2.09. The summed E-state index contributed by atoms with van der Waals surface area (Å²) >= 11 is 0. The SMILES string of the molecule is CN1C(=O)NC(=O)C(=Cc2cccn2C)C1=O. The van der Waals surface area contributed by atoms with E-state index in [1.807, 2.05) is 0 Å². The Morgan fingerprint density at radius 2 is 1.94 bits per heavy atom. The lowest BCUT2D eigenvalue weighted by Crippen LogP contribution is -2.52. The van der Waals surface area contributed by atoms with Gasteiger partial charge in [0.25, 0.3) is 11.8 Å². The molecule has 1 saturated heterocycles. The van der Waals surface area contributed by atoms with Crippen molar-refractivity contribution in [3.8, 4) is 0 Å². The van der Waals surface area contributed by atoms with Crippen molar-refractivity contribution in [2.24, 2.45) is 7.05 Å². The number of hydrogen-bond acceptors (Lipinski definition) is 3. The lowest BCUT2D eigenvalue weighted by molar-refractivity contribution is -0.129. The number of amides is 4. The van der Waals surface area contributed by atoms with Crippen LogP contribution in [0.25, 0.3) is 6.08 Å². The van der Waals surface area contributed by atoms with E-state index in [2.05, 4.69) is 5.32 Å². The van der Waals surface area contributed by atoms with Gasteiger partial charge in [0.2, 0.25) is 0 Å². The van der Waals surface area contributed by atoms with Crippen LogP contribution in [0.2, 0.25) is 0 Å². The zero-order valence-electron chi connectivity index (χ0n) is 9.43. The Labute approximate surface area is 97.5 Å². The molecule has 17 heavy (non-hydrogen) atoms. The van der Waals surface area contributed by atoms with Gasteiger partial charge in [0.05, 0.1) is 0 Å². The van der Waals surface area contributed by atoms with E-state index in [1.54, 1.807) is 29.9 Å². The molecule has 2 heterocycles. The largest absolute Gasteiger partial charge is 0.351 e. The average molecular weight is 233 g/mol. The number of urea groups is 1. The van der Waals surface area contributed by atoms with Crippen molar-refractivity contribution < 1.29 is 14.4 Å². The van der Waals surface area contributed by atoms with Gasteiger partial charge in [-0.3, -0.25) is 19.8 Å². The van der Waals surface area contributed by atoms with Crippen molar-refractivity contribution in [2.45, 2.75) is 0 Å². The molecule has 6 nitrogen and oxygen atoms in total. The molecule has 0 unspecified atom stereocenters. The Morgan fingerprint density at radius 1 is 1.24 bits per heavy atom. The van der Waals surface area contributed by atoms with E-state index >= 15 is 0 Å². The molecular formula is C11H11N3O3. The van der Waals surface area contributed by atoms with Crippen LogP contribution in [0.4, 0.5) is 4.79 Å². The van der Waals surface area contributed by atoms with Crippen LogP contribution in [0.15, 0.2) is 23.9 Å². The number of likely N-dealkylation sites (N-methyl/N-ethyl adjacent to an activating group) is 1. The van der Waals surface area contributed by atoms with Gasteiger partial charge in [-0.25, -0.2) is 4.79 Å². The lowest BCUT2D eigenvalue weighted by atomic mass is 10.1. The molecule has 1 N–H and O–H groups in total. The van der Waals surface area contributed by atoms with Crippen LogP contribution in [0.3, 0.4) is 0 Å². The minimum atomic E-state index is -0.705. The highest BCUT2D eigenvalue weighted by Gasteiger charge is 2.33. The first-order valence-corrected chi connectivity index (χ1v) is 4.97. The van der Waals surface area contributed by atoms with Crippen LogP contribution in [-0.4, -0.2) is 34.4 Å². The second-order valence-electron chi connectivity index (χ2n) is 3.73. The minimum absolute atomic E-state index is 0.0473. The summed E-state index contributed by atoms with van der Waals surface area (Å²) in [5.74, 6) is -1.26. The summed E-state index contributed by atoms with van der Waals surface area (Å²) in [6.07, 6.45) is 3.26. The van der Waals surface area contributed by atoms with Crippen molar-refractivity contribution in [2.75, 3.05) is 7.05 Å². The Balaban J connectivity index is 2.41. The molecule has 4 amide bonds. The summed E-state index contributed by atoms with van der Waals surface area (Å²) < 4.78 is 1.77. The predicted octanol–water partition coefficient (Wildman–Crippen LogP) is 0.117. The minimum Gasteiger partial charge on any atom is -0.351 e. The molecule has 88 valence electrons. The maximum atomic E-state index is 11.8. The first-order chi connectivity index (χ1) is 8.00. The third kappa shape index (κ3) is 1.84. The van der Waals surface area contributed by atoms with E-state index in [4.69, 9.17) is 0 Å². The molecule has 0 aromatic carbocycles. The highest BCUT2D eigenvalue weighted by molar-refractivity contribution is 6.30. The van der Waals surface area contributed by atoms with Gasteiger partial charge in [0.1, 0.15) is 5.57 Å². The number of carbonyl (C=O) groups excluding carboxylic acids is 3. The van der Waals surface area contributed by atoms with Crippen LogP contribution in [0, 0.1) is 0 Å². The monoisotopic (exact) mass is 233 g/mol. The maximum Gasteiger partial charge on any atom is 0.331 e. The topological polar surface area (TPSA) is 71.4 Å². The molecule has 6 heteroatoms. The number of nitrogens with one attached hydrogen (secondary N) is 1. The Bertz CT molecular complexity index is 542. The molecule has 1 aliphatic rings. The van der Waals surface area contributed by atoms with Crippen molar-refractivity contribution in [3.63, 3.8) is 0 Å². The predicted molar refractivity (Wildman–Crippen MR) is 59.7 cm³/mol. The number of imide groups is 2. The number of nitrogens with zero attached hydrogens (tertiary/aromatic N) is 2. The number of hydrogen-bond donors (Lipinski definition) is 1. The van der Waals surface area contributed by atoms with E-state index in [9.17, 15) is 14.4 Å². The Hall–Kier alpha value is -2.37. The molecule has 1 aromatic rings. The third-order valence-electron chi connectivity index (χ3n) is 2.58. The van der Waals surface area contributed by atoms with Crippen molar-refractivity contribution in [1.29, 1.82) is 0 Å². The van der Waals surface area contributed by atoms with Crippen LogP contribution in [0.5, 0.6) is 0 Å². The number of aromatic nitrogens is 1. The Kier molecular flexibility index (Phi) is 2.55. The van der Waals surface area contributed by atoms with Gasteiger partial charge in [0, 0.05) is 26.0 Å². The third-order valence-corrected chi connectivity index (χ3v) is 2.58. The van der Waals surface area contributed by atoms with Gasteiger partial charge in [-0.1, -0.05) is 0 Å². The van der Waals surface area contributed by atoms with E-state index in [0.29, 0.717) is 5.69 Å². The summed E-state index contributed by atoms with van der Waals surface area (Å²) in [7, 11) is 3.12. The first kappa shape index (κ1) is 11.1. The molecule has 0 bridgehead atoms. The lowest BCUT2D eigenvalue weighted by Gasteiger charge is -2.22. The zero-order chi connectivity index (χ0) is 12.6. The van der Waals surface area contributed by atoms with Crippen LogP contribution in [0.1, 0.15) is 5.69 Å². The zero-order valence-corrected chi connectivity index (χ0v) is 9.43. The number of barbiturate groups is 1. The molecule has 1 fully saturated rings. The molecule has 0 spiro atoms. The second-order valence-corrected chi connectivity index (χ2v) is 3.73. The van der Waals surface area contributed by atoms with Gasteiger partial charge in [-0.2, -0.15) is 0 Å². The van der Waals surface area contributed by atoms with Gasteiger partial charge in [-0.15, -0.1) is 0 Å². The average Bonchev–Trinajstić information content (AvgIpc) is 2.67. The van der Waals surface area contributed by atoms with Crippen molar-refractivity contribution >= 4 is 23.9 Å². The van der Waals surface area contributed by atoms with Gasteiger partial charge >= 0.3 is 6.03 Å².